The molecule has 148 valence electrons. The Hall–Kier alpha value is -3.51. The van der Waals surface area contributed by atoms with Gasteiger partial charge in [0.2, 0.25) is 11.6 Å². The number of hydrogen-bond donors (Lipinski definition) is 0. The van der Waals surface area contributed by atoms with Crippen molar-refractivity contribution < 1.29 is 9.59 Å². The van der Waals surface area contributed by atoms with Crippen LogP contribution in [0, 0.1) is 0 Å². The van der Waals surface area contributed by atoms with Crippen LogP contribution in [0.1, 0.15) is 33.2 Å². The van der Waals surface area contributed by atoms with Crippen molar-refractivity contribution in [1.29, 1.82) is 0 Å². The van der Waals surface area contributed by atoms with E-state index >= 15 is 0 Å². The third kappa shape index (κ3) is 2.50. The minimum absolute atomic E-state index is 0.0795. The van der Waals surface area contributed by atoms with Gasteiger partial charge in [-0.15, -0.1) is 11.3 Å². The van der Waals surface area contributed by atoms with Gasteiger partial charge < -0.3 is 9.47 Å². The zero-order valence-electron chi connectivity index (χ0n) is 16.5. The number of carbonyl (C=O) groups excluding carboxylic acids is 2. The van der Waals surface area contributed by atoms with Gasteiger partial charge in [0.25, 0.3) is 5.56 Å². The van der Waals surface area contributed by atoms with Crippen LogP contribution in [0.25, 0.3) is 17.3 Å². The van der Waals surface area contributed by atoms with E-state index in [1.165, 1.54) is 15.9 Å². The molecule has 2 aliphatic rings. The van der Waals surface area contributed by atoms with E-state index in [1.807, 2.05) is 43.3 Å². The Morgan fingerprint density at radius 3 is 2.17 bits per heavy atom. The predicted octanol–water partition coefficient (Wildman–Crippen LogP) is 2.34. The van der Waals surface area contributed by atoms with Crippen molar-refractivity contribution in [3.05, 3.63) is 90.8 Å². The van der Waals surface area contributed by atoms with Crippen LogP contribution in [0.3, 0.4) is 0 Å². The molecule has 0 atom stereocenters. The van der Waals surface area contributed by atoms with E-state index in [9.17, 15) is 14.4 Å². The molecule has 0 radical (unpaired) electrons. The van der Waals surface area contributed by atoms with E-state index in [1.54, 1.807) is 31.3 Å². The number of likely N-dealkylation sites (N-methyl/N-ethyl adjacent to an activating group) is 1. The van der Waals surface area contributed by atoms with E-state index in [4.69, 9.17) is 0 Å². The molecular formula is C24H18N2O3S. The fourth-order valence-electron chi connectivity index (χ4n) is 4.08. The van der Waals surface area contributed by atoms with Crippen molar-refractivity contribution in [2.75, 3.05) is 11.4 Å². The van der Waals surface area contributed by atoms with Gasteiger partial charge in [-0.3, -0.25) is 14.4 Å². The first-order valence-corrected chi connectivity index (χ1v) is 10.5. The van der Waals surface area contributed by atoms with Gasteiger partial charge in [0.05, 0.1) is 5.70 Å². The molecule has 0 fully saturated rings. The smallest absolute Gasteiger partial charge is 0.270 e. The summed E-state index contributed by atoms with van der Waals surface area (Å²) in [5, 5.41) is 0. The van der Waals surface area contributed by atoms with Crippen LogP contribution in [0.5, 0.6) is 0 Å². The normalized spacial score (nSPS) is 16.9. The molecule has 1 aliphatic heterocycles. The number of ketones is 2. The molecule has 1 aromatic heterocycles. The summed E-state index contributed by atoms with van der Waals surface area (Å²) >= 11 is 1.20. The molecule has 6 heteroatoms. The van der Waals surface area contributed by atoms with Crippen molar-refractivity contribution >= 4 is 45.9 Å². The molecule has 0 amide bonds. The molecule has 0 N–H and O–H groups in total. The number of Topliss-reactive ketones (excluding diaryl/α,β-unsaturated/α-hetero) is 2. The van der Waals surface area contributed by atoms with Crippen molar-refractivity contribution in [3.63, 3.8) is 0 Å². The minimum Gasteiger partial charge on any atom is -0.340 e. The highest BCUT2D eigenvalue weighted by atomic mass is 32.1. The third-order valence-corrected chi connectivity index (χ3v) is 6.83. The van der Waals surface area contributed by atoms with Crippen molar-refractivity contribution in [2.45, 2.75) is 6.92 Å². The lowest BCUT2D eigenvalue weighted by Crippen LogP contribution is -2.35. The number of thiazole rings is 1. The molecule has 0 spiro atoms. The number of nitrogens with zero attached hydrogens (tertiary/aromatic N) is 2. The van der Waals surface area contributed by atoms with Gasteiger partial charge in [-0.1, -0.05) is 48.5 Å². The van der Waals surface area contributed by atoms with Crippen LogP contribution >= 0.6 is 11.3 Å². The summed E-state index contributed by atoms with van der Waals surface area (Å²) in [7, 11) is 1.62. The Bertz CT molecular complexity index is 1420. The zero-order chi connectivity index (χ0) is 21.0. The van der Waals surface area contributed by atoms with E-state index in [0.717, 1.165) is 16.9 Å². The fourth-order valence-corrected chi connectivity index (χ4v) is 5.29. The number of anilines is 1. The third-order valence-electron chi connectivity index (χ3n) is 5.57. The molecule has 3 aromatic rings. The largest absolute Gasteiger partial charge is 0.340 e. The van der Waals surface area contributed by atoms with Gasteiger partial charge in [-0.25, -0.2) is 0 Å². The van der Waals surface area contributed by atoms with E-state index in [2.05, 4.69) is 4.90 Å². The SMILES string of the molecule is CCN1C(=c2sc(=C3C(=O)c4ccccc4C3=O)n(C)c2=O)C=Cc2ccccc21. The highest BCUT2D eigenvalue weighted by Crippen LogP contribution is 2.30. The fraction of sp³-hybridized carbons (Fsp3) is 0.125. The van der Waals surface area contributed by atoms with Gasteiger partial charge in [0, 0.05) is 30.4 Å². The number of hydrogen-bond acceptors (Lipinski definition) is 5. The molecule has 2 aromatic carbocycles. The summed E-state index contributed by atoms with van der Waals surface area (Å²) in [5.74, 6) is -0.637. The average molecular weight is 414 g/mol. The second-order valence-electron chi connectivity index (χ2n) is 7.20. The van der Waals surface area contributed by atoms with E-state index in [-0.39, 0.29) is 22.7 Å². The van der Waals surface area contributed by atoms with Crippen molar-refractivity contribution in [1.82, 2.24) is 4.57 Å². The second-order valence-corrected chi connectivity index (χ2v) is 8.20. The average Bonchev–Trinajstić information content (AvgIpc) is 3.20. The van der Waals surface area contributed by atoms with Crippen LogP contribution in [-0.4, -0.2) is 22.7 Å². The summed E-state index contributed by atoms with van der Waals surface area (Å²) in [6.07, 6.45) is 3.92. The molecular weight excluding hydrogens is 396 g/mol. The molecule has 0 saturated carbocycles. The Labute approximate surface area is 176 Å². The van der Waals surface area contributed by atoms with Crippen LogP contribution in [-0.2, 0) is 7.05 Å². The highest BCUT2D eigenvalue weighted by molar-refractivity contribution is 7.08. The number of benzene rings is 2. The van der Waals surface area contributed by atoms with Gasteiger partial charge in [-0.05, 0) is 24.6 Å². The van der Waals surface area contributed by atoms with E-state index in [0.29, 0.717) is 26.9 Å². The number of fused-ring (bicyclic) bond motifs is 2. The molecule has 30 heavy (non-hydrogen) atoms. The predicted molar refractivity (Wildman–Crippen MR) is 119 cm³/mol. The first-order chi connectivity index (χ1) is 14.5. The minimum atomic E-state index is -0.319. The standard InChI is InChI=1S/C24H18N2O3S/c1-3-26-17-11-7-4-8-14(17)12-13-18(26)22-23(29)25(2)24(30-22)19-20(27)15-9-5-6-10-16(15)21(19)28/h4-13H,3H2,1-2H3. The molecule has 2 heterocycles. The molecule has 0 saturated heterocycles. The number of carbonyl (C=O) groups is 2. The Balaban J connectivity index is 1.81. The Morgan fingerprint density at radius 1 is 0.867 bits per heavy atom. The molecule has 1 aliphatic carbocycles. The number of rotatable bonds is 1. The first kappa shape index (κ1) is 18.5. The van der Waals surface area contributed by atoms with E-state index < -0.39 is 0 Å². The van der Waals surface area contributed by atoms with Gasteiger partial charge in [0.1, 0.15) is 14.8 Å². The molecule has 5 nitrogen and oxygen atoms in total. The van der Waals surface area contributed by atoms with Gasteiger partial charge in [-0.2, -0.15) is 0 Å². The molecule has 0 unspecified atom stereocenters. The lowest BCUT2D eigenvalue weighted by atomic mass is 10.1. The van der Waals surface area contributed by atoms with Crippen LogP contribution in [0.2, 0.25) is 0 Å². The quantitative estimate of drug-likeness (QED) is 0.613. The lowest BCUT2D eigenvalue weighted by Gasteiger charge is -2.28. The maximum Gasteiger partial charge on any atom is 0.270 e. The monoisotopic (exact) mass is 414 g/mol. The molecule has 5 rings (SSSR count). The summed E-state index contributed by atoms with van der Waals surface area (Å²) in [5.41, 5.74) is 3.56. The summed E-state index contributed by atoms with van der Waals surface area (Å²) < 4.78 is 2.34. The van der Waals surface area contributed by atoms with Gasteiger partial charge >= 0.3 is 0 Å². The summed E-state index contributed by atoms with van der Waals surface area (Å²) in [6.45, 7) is 2.72. The summed E-state index contributed by atoms with van der Waals surface area (Å²) in [4.78, 5) is 41.1. The summed E-state index contributed by atoms with van der Waals surface area (Å²) in [6, 6.07) is 14.8. The van der Waals surface area contributed by atoms with Crippen LogP contribution < -0.4 is 19.7 Å². The van der Waals surface area contributed by atoms with Gasteiger partial charge in [0.15, 0.2) is 0 Å². The van der Waals surface area contributed by atoms with Crippen molar-refractivity contribution in [3.8, 4) is 0 Å². The topological polar surface area (TPSA) is 59.4 Å². The van der Waals surface area contributed by atoms with Crippen molar-refractivity contribution in [2.24, 2.45) is 7.05 Å². The highest BCUT2D eigenvalue weighted by Gasteiger charge is 2.34. The van der Waals surface area contributed by atoms with Crippen LogP contribution in [0.4, 0.5) is 5.69 Å². The maximum atomic E-state index is 13.2. The Kier molecular flexibility index (Phi) is 4.18. The second kappa shape index (κ2) is 6.78. The lowest BCUT2D eigenvalue weighted by molar-refractivity contribution is 0.102. The zero-order valence-corrected chi connectivity index (χ0v) is 17.3. The number of para-hydroxylation sites is 1. The number of aromatic nitrogens is 1. The Morgan fingerprint density at radius 2 is 1.50 bits per heavy atom. The molecule has 0 bridgehead atoms. The first-order valence-electron chi connectivity index (χ1n) is 9.70. The maximum absolute atomic E-state index is 13.2. The van der Waals surface area contributed by atoms with Crippen LogP contribution in [0.15, 0.2) is 59.4 Å².